The van der Waals surface area contributed by atoms with Crippen molar-refractivity contribution in [2.24, 2.45) is 0 Å². The standard InChI is InChI=1S/C27H23N5O5/c1-16-6-7-17(2)24(11-16)37-21-13-19(12-20(14-21)32(34)35)29-25(33)15-31-27-26(18(3)30-31)22(8-9-28-27)23-5-4-10-36-23/h4-14H,15H2,1-3H3,(H,29,33). The van der Waals surface area contributed by atoms with Crippen LogP contribution in [0.15, 0.2) is 71.5 Å². The predicted octanol–water partition coefficient (Wildman–Crippen LogP) is 5.96. The van der Waals surface area contributed by atoms with E-state index in [1.54, 1.807) is 24.6 Å². The lowest BCUT2D eigenvalue weighted by Gasteiger charge is -2.12. The SMILES string of the molecule is Cc1ccc(C)c(Oc2cc(NC(=O)Cn3nc(C)c4c(-c5ccco5)ccnc43)cc([N+](=O)[O-])c2)c1. The van der Waals surface area contributed by atoms with Crippen molar-refractivity contribution in [2.75, 3.05) is 5.32 Å². The fourth-order valence-electron chi connectivity index (χ4n) is 4.13. The maximum absolute atomic E-state index is 13.0. The number of non-ortho nitro benzene ring substituents is 1. The number of pyridine rings is 1. The molecule has 5 aromatic rings. The lowest BCUT2D eigenvalue weighted by molar-refractivity contribution is -0.384. The number of benzene rings is 2. The number of nitro benzene ring substituents is 1. The number of carbonyl (C=O) groups excluding carboxylic acids is 1. The molecule has 0 aliphatic rings. The van der Waals surface area contributed by atoms with Gasteiger partial charge >= 0.3 is 0 Å². The number of amides is 1. The van der Waals surface area contributed by atoms with Crippen molar-refractivity contribution in [1.82, 2.24) is 14.8 Å². The van der Waals surface area contributed by atoms with Gasteiger partial charge in [0.2, 0.25) is 5.91 Å². The van der Waals surface area contributed by atoms with Gasteiger partial charge in [-0.3, -0.25) is 14.9 Å². The number of hydrogen-bond donors (Lipinski definition) is 1. The van der Waals surface area contributed by atoms with Crippen LogP contribution >= 0.6 is 0 Å². The highest BCUT2D eigenvalue weighted by molar-refractivity contribution is 5.95. The van der Waals surface area contributed by atoms with Gasteiger partial charge in [-0.05, 0) is 56.2 Å². The first-order valence-electron chi connectivity index (χ1n) is 11.5. The maximum Gasteiger partial charge on any atom is 0.275 e. The molecule has 0 saturated carbocycles. The fraction of sp³-hybridized carbons (Fsp3) is 0.148. The molecule has 3 aromatic heterocycles. The number of anilines is 1. The molecule has 0 unspecified atom stereocenters. The van der Waals surface area contributed by atoms with Crippen LogP contribution in [-0.4, -0.2) is 25.6 Å². The number of nitrogens with one attached hydrogen (secondary N) is 1. The average Bonchev–Trinajstić information content (AvgIpc) is 3.50. The Balaban J connectivity index is 1.41. The molecule has 186 valence electrons. The van der Waals surface area contributed by atoms with E-state index in [1.807, 2.05) is 51.1 Å². The number of furan rings is 1. The number of hydrogen-bond acceptors (Lipinski definition) is 7. The number of aryl methyl sites for hydroxylation is 3. The quantitative estimate of drug-likeness (QED) is 0.217. The summed E-state index contributed by atoms with van der Waals surface area (Å²) in [5, 5.41) is 19.5. The molecule has 1 N–H and O–H groups in total. The molecule has 0 radical (unpaired) electrons. The van der Waals surface area contributed by atoms with E-state index >= 15 is 0 Å². The third-order valence-corrected chi connectivity index (χ3v) is 5.85. The van der Waals surface area contributed by atoms with Gasteiger partial charge in [0.25, 0.3) is 5.69 Å². The normalized spacial score (nSPS) is 11.0. The number of nitrogens with zero attached hydrogens (tertiary/aromatic N) is 4. The van der Waals surface area contributed by atoms with E-state index in [2.05, 4.69) is 15.4 Å². The van der Waals surface area contributed by atoms with E-state index in [9.17, 15) is 14.9 Å². The van der Waals surface area contributed by atoms with Crippen LogP contribution in [0.25, 0.3) is 22.4 Å². The number of nitro groups is 1. The smallest absolute Gasteiger partial charge is 0.275 e. The Labute approximate surface area is 211 Å². The molecule has 1 amide bonds. The molecule has 0 fully saturated rings. The molecule has 3 heterocycles. The minimum absolute atomic E-state index is 0.144. The van der Waals surface area contributed by atoms with E-state index < -0.39 is 10.8 Å². The first kappa shape index (κ1) is 23.7. The fourth-order valence-corrected chi connectivity index (χ4v) is 4.13. The summed E-state index contributed by atoms with van der Waals surface area (Å²) in [6, 6.07) is 15.3. The topological polar surface area (TPSA) is 125 Å². The van der Waals surface area contributed by atoms with Gasteiger partial charge in [0.05, 0.1) is 34.0 Å². The Kier molecular flexibility index (Phi) is 6.14. The zero-order valence-corrected chi connectivity index (χ0v) is 20.4. The summed E-state index contributed by atoms with van der Waals surface area (Å²) in [7, 11) is 0. The van der Waals surface area contributed by atoms with Gasteiger partial charge in [-0.1, -0.05) is 12.1 Å². The van der Waals surface area contributed by atoms with Gasteiger partial charge in [0.15, 0.2) is 5.65 Å². The second-order valence-corrected chi connectivity index (χ2v) is 8.67. The number of fused-ring (bicyclic) bond motifs is 1. The van der Waals surface area contributed by atoms with Crippen molar-refractivity contribution in [3.8, 4) is 22.8 Å². The number of ether oxygens (including phenoxy) is 1. The molecule has 0 saturated heterocycles. The van der Waals surface area contributed by atoms with E-state index in [0.29, 0.717) is 22.9 Å². The summed E-state index contributed by atoms with van der Waals surface area (Å²) in [6.45, 7) is 5.51. The van der Waals surface area contributed by atoms with Crippen LogP contribution in [0.1, 0.15) is 16.8 Å². The number of carbonyl (C=O) groups is 1. The Morgan fingerprint density at radius 1 is 1.14 bits per heavy atom. The van der Waals surface area contributed by atoms with Crippen molar-refractivity contribution in [2.45, 2.75) is 27.3 Å². The Hall–Kier alpha value is -4.99. The van der Waals surface area contributed by atoms with Crippen molar-refractivity contribution >= 4 is 28.3 Å². The third kappa shape index (κ3) is 4.90. The van der Waals surface area contributed by atoms with Crippen molar-refractivity contribution in [3.05, 3.63) is 94.0 Å². The zero-order valence-electron chi connectivity index (χ0n) is 20.4. The molecular formula is C27H23N5O5. The molecule has 0 aliphatic carbocycles. The highest BCUT2D eigenvalue weighted by Crippen LogP contribution is 2.32. The van der Waals surface area contributed by atoms with Crippen LogP contribution in [0, 0.1) is 30.9 Å². The summed E-state index contributed by atoms with van der Waals surface area (Å²) >= 11 is 0. The van der Waals surface area contributed by atoms with Crippen LogP contribution < -0.4 is 10.1 Å². The van der Waals surface area contributed by atoms with Gasteiger partial charge in [0.1, 0.15) is 23.8 Å². The van der Waals surface area contributed by atoms with Crippen LogP contribution in [-0.2, 0) is 11.3 Å². The first-order valence-corrected chi connectivity index (χ1v) is 11.5. The van der Waals surface area contributed by atoms with Crippen LogP contribution in [0.5, 0.6) is 11.5 Å². The van der Waals surface area contributed by atoms with Gasteiger partial charge < -0.3 is 14.5 Å². The van der Waals surface area contributed by atoms with E-state index in [1.165, 1.54) is 16.8 Å². The van der Waals surface area contributed by atoms with Crippen molar-refractivity contribution < 1.29 is 18.9 Å². The highest BCUT2D eigenvalue weighted by Gasteiger charge is 2.18. The Bertz CT molecular complexity index is 1640. The summed E-state index contributed by atoms with van der Waals surface area (Å²) in [5.41, 5.74) is 3.95. The van der Waals surface area contributed by atoms with E-state index in [4.69, 9.17) is 9.15 Å². The summed E-state index contributed by atoms with van der Waals surface area (Å²) in [6.07, 6.45) is 3.22. The molecule has 37 heavy (non-hydrogen) atoms. The minimum atomic E-state index is -0.532. The van der Waals surface area contributed by atoms with E-state index in [-0.39, 0.29) is 23.7 Å². The second-order valence-electron chi connectivity index (χ2n) is 8.67. The molecular weight excluding hydrogens is 474 g/mol. The third-order valence-electron chi connectivity index (χ3n) is 5.85. The number of rotatable bonds is 7. The van der Waals surface area contributed by atoms with E-state index in [0.717, 1.165) is 22.1 Å². The summed E-state index contributed by atoms with van der Waals surface area (Å²) in [5.74, 6) is 1.07. The van der Waals surface area contributed by atoms with Crippen molar-refractivity contribution in [1.29, 1.82) is 0 Å². The highest BCUT2D eigenvalue weighted by atomic mass is 16.6. The first-order chi connectivity index (χ1) is 17.8. The minimum Gasteiger partial charge on any atom is -0.464 e. The molecule has 0 bridgehead atoms. The second kappa shape index (κ2) is 9.57. The van der Waals surface area contributed by atoms with Crippen LogP contribution in [0.2, 0.25) is 0 Å². The Morgan fingerprint density at radius 2 is 1.97 bits per heavy atom. The van der Waals surface area contributed by atoms with Gasteiger partial charge in [-0.15, -0.1) is 0 Å². The molecule has 10 heteroatoms. The van der Waals surface area contributed by atoms with Gasteiger partial charge in [0, 0.05) is 23.9 Å². The lowest BCUT2D eigenvalue weighted by atomic mass is 10.1. The molecule has 2 aromatic carbocycles. The molecule has 0 atom stereocenters. The predicted molar refractivity (Wildman–Crippen MR) is 138 cm³/mol. The average molecular weight is 498 g/mol. The van der Waals surface area contributed by atoms with Crippen molar-refractivity contribution in [3.63, 3.8) is 0 Å². The lowest BCUT2D eigenvalue weighted by Crippen LogP contribution is -2.20. The van der Waals surface area contributed by atoms with Gasteiger partial charge in [-0.25, -0.2) is 9.67 Å². The zero-order chi connectivity index (χ0) is 26.1. The monoisotopic (exact) mass is 497 g/mol. The molecule has 5 rings (SSSR count). The Morgan fingerprint density at radius 3 is 2.73 bits per heavy atom. The number of aromatic nitrogens is 3. The maximum atomic E-state index is 13.0. The van der Waals surface area contributed by atoms with Crippen LogP contribution in [0.4, 0.5) is 11.4 Å². The molecule has 10 nitrogen and oxygen atoms in total. The largest absolute Gasteiger partial charge is 0.464 e. The molecule has 0 spiro atoms. The van der Waals surface area contributed by atoms with Crippen LogP contribution in [0.3, 0.4) is 0 Å². The molecule has 0 aliphatic heterocycles. The van der Waals surface area contributed by atoms with Gasteiger partial charge in [-0.2, -0.15) is 5.10 Å². The summed E-state index contributed by atoms with van der Waals surface area (Å²) < 4.78 is 13.0. The summed E-state index contributed by atoms with van der Waals surface area (Å²) in [4.78, 5) is 28.4.